The van der Waals surface area contributed by atoms with Crippen molar-refractivity contribution in [3.05, 3.63) is 34.7 Å². The smallest absolute Gasteiger partial charge is 0.260 e. The molecule has 0 spiro atoms. The normalized spacial score (nSPS) is 13.7. The van der Waals surface area contributed by atoms with Crippen LogP contribution in [0.1, 0.15) is 60.5 Å². The third-order valence-corrected chi connectivity index (χ3v) is 5.67. The Bertz CT molecular complexity index is 748. The Morgan fingerprint density at radius 2 is 2.12 bits per heavy atom. The van der Waals surface area contributed by atoms with Crippen LogP contribution < -0.4 is 5.32 Å². The van der Waals surface area contributed by atoms with E-state index in [9.17, 15) is 9.59 Å². The molecule has 0 saturated carbocycles. The van der Waals surface area contributed by atoms with E-state index < -0.39 is 0 Å². The van der Waals surface area contributed by atoms with E-state index in [1.54, 1.807) is 6.07 Å². The van der Waals surface area contributed by atoms with Crippen molar-refractivity contribution < 1.29 is 14.0 Å². The van der Waals surface area contributed by atoms with Gasteiger partial charge in [0.1, 0.15) is 6.26 Å². The van der Waals surface area contributed by atoms with E-state index in [0.29, 0.717) is 23.8 Å². The van der Waals surface area contributed by atoms with Gasteiger partial charge in [-0.1, -0.05) is 38.0 Å². The molecule has 1 aliphatic rings. The van der Waals surface area contributed by atoms with Crippen molar-refractivity contribution in [3.8, 4) is 0 Å². The molecule has 0 bridgehead atoms. The number of amides is 2. The van der Waals surface area contributed by atoms with Crippen LogP contribution in [-0.2, 0) is 17.8 Å². The van der Waals surface area contributed by atoms with E-state index in [0.717, 1.165) is 42.7 Å². The maximum Gasteiger partial charge on any atom is 0.260 e. The monoisotopic (exact) mass is 375 g/mol. The molecule has 7 heteroatoms. The number of fused-ring (bicyclic) bond motifs is 1. The Balaban J connectivity index is 1.66. The maximum atomic E-state index is 12.9. The minimum absolute atomic E-state index is 0.125. The van der Waals surface area contributed by atoms with Crippen molar-refractivity contribution in [2.45, 2.75) is 52.5 Å². The first-order chi connectivity index (χ1) is 12.6. The minimum atomic E-state index is -0.233. The van der Waals surface area contributed by atoms with Crippen molar-refractivity contribution in [1.29, 1.82) is 0 Å². The highest BCUT2D eigenvalue weighted by Gasteiger charge is 2.28. The van der Waals surface area contributed by atoms with Crippen LogP contribution in [0.25, 0.3) is 0 Å². The van der Waals surface area contributed by atoms with Crippen molar-refractivity contribution >= 4 is 28.3 Å². The summed E-state index contributed by atoms with van der Waals surface area (Å²) in [5, 5.41) is 3.39. The number of furan rings is 1. The van der Waals surface area contributed by atoms with Crippen molar-refractivity contribution in [3.63, 3.8) is 0 Å². The second-order valence-corrected chi connectivity index (χ2v) is 7.72. The molecular formula is C19H25N3O3S. The highest BCUT2D eigenvalue weighted by molar-refractivity contribution is 7.15. The van der Waals surface area contributed by atoms with Gasteiger partial charge in [0.2, 0.25) is 5.91 Å². The van der Waals surface area contributed by atoms with Gasteiger partial charge >= 0.3 is 0 Å². The first-order valence-electron chi connectivity index (χ1n) is 9.23. The van der Waals surface area contributed by atoms with E-state index in [1.165, 1.54) is 23.9 Å². The van der Waals surface area contributed by atoms with Gasteiger partial charge in [-0.15, -0.1) is 0 Å². The molecule has 0 radical (unpaired) electrons. The first-order valence-corrected chi connectivity index (χ1v) is 10.0. The molecule has 0 aliphatic carbocycles. The molecule has 1 N–H and O–H groups in total. The van der Waals surface area contributed by atoms with Gasteiger partial charge < -0.3 is 9.32 Å². The third-order valence-electron chi connectivity index (χ3n) is 4.67. The number of rotatable bonds is 7. The lowest BCUT2D eigenvalue weighted by Gasteiger charge is -2.29. The average molecular weight is 375 g/mol. The lowest BCUT2D eigenvalue weighted by molar-refractivity contribution is -0.137. The van der Waals surface area contributed by atoms with E-state index in [1.807, 2.05) is 4.90 Å². The Morgan fingerprint density at radius 1 is 1.35 bits per heavy atom. The molecule has 0 atom stereocenters. The summed E-state index contributed by atoms with van der Waals surface area (Å²) in [6, 6.07) is 1.62. The lowest BCUT2D eigenvalue weighted by Crippen LogP contribution is -2.39. The van der Waals surface area contributed by atoms with Crippen LogP contribution in [0, 0.1) is 5.92 Å². The van der Waals surface area contributed by atoms with Gasteiger partial charge in [-0.3, -0.25) is 14.9 Å². The van der Waals surface area contributed by atoms with Crippen LogP contribution in [0.5, 0.6) is 0 Å². The zero-order valence-corrected chi connectivity index (χ0v) is 16.1. The molecular weight excluding hydrogens is 350 g/mol. The summed E-state index contributed by atoms with van der Waals surface area (Å²) in [5.74, 6) is 0.153. The first kappa shape index (κ1) is 18.6. The molecule has 3 rings (SSSR count). The van der Waals surface area contributed by atoms with Gasteiger partial charge in [-0.25, -0.2) is 4.98 Å². The van der Waals surface area contributed by atoms with E-state index in [2.05, 4.69) is 24.1 Å². The number of nitrogens with zero attached hydrogens (tertiary/aromatic N) is 2. The largest absolute Gasteiger partial charge is 0.472 e. The van der Waals surface area contributed by atoms with Gasteiger partial charge in [0.25, 0.3) is 5.91 Å². The standard InChI is InChI=1S/C19H25N3O3S/c1-3-5-13(6-4-2)18(24)22-9-7-15-16(11-22)26-19(20-15)21-17(23)14-8-10-25-12-14/h8,10,12-13H,3-7,9,11H2,1-2H3,(H,20,21,23). The lowest BCUT2D eigenvalue weighted by atomic mass is 9.96. The van der Waals surface area contributed by atoms with Gasteiger partial charge in [-0.2, -0.15) is 0 Å². The van der Waals surface area contributed by atoms with Crippen molar-refractivity contribution in [1.82, 2.24) is 9.88 Å². The number of hydrogen-bond donors (Lipinski definition) is 1. The van der Waals surface area contributed by atoms with Crippen LogP contribution in [0.15, 0.2) is 23.0 Å². The highest BCUT2D eigenvalue weighted by Crippen LogP contribution is 2.30. The van der Waals surface area contributed by atoms with E-state index >= 15 is 0 Å². The zero-order chi connectivity index (χ0) is 18.5. The van der Waals surface area contributed by atoms with Crippen LogP contribution in [-0.4, -0.2) is 28.2 Å². The number of aromatic nitrogens is 1. The predicted octanol–water partition coefficient (Wildman–Crippen LogP) is 4.09. The van der Waals surface area contributed by atoms with E-state index in [-0.39, 0.29) is 17.7 Å². The molecule has 26 heavy (non-hydrogen) atoms. The second-order valence-electron chi connectivity index (χ2n) is 6.64. The van der Waals surface area contributed by atoms with Crippen LogP contribution in [0.2, 0.25) is 0 Å². The number of hydrogen-bond acceptors (Lipinski definition) is 5. The summed E-state index contributed by atoms with van der Waals surface area (Å²) in [6.45, 7) is 5.55. The van der Waals surface area contributed by atoms with E-state index in [4.69, 9.17) is 4.42 Å². The molecule has 3 heterocycles. The molecule has 0 fully saturated rings. The van der Waals surface area contributed by atoms with Gasteiger partial charge in [-0.05, 0) is 18.9 Å². The van der Waals surface area contributed by atoms with Crippen LogP contribution in [0.4, 0.5) is 5.13 Å². The molecule has 0 unspecified atom stereocenters. The molecule has 0 aromatic carbocycles. The minimum Gasteiger partial charge on any atom is -0.472 e. The molecule has 1 aliphatic heterocycles. The van der Waals surface area contributed by atoms with Gasteiger partial charge in [0.15, 0.2) is 5.13 Å². The van der Waals surface area contributed by atoms with Gasteiger partial charge in [0, 0.05) is 23.8 Å². The summed E-state index contributed by atoms with van der Waals surface area (Å²) < 4.78 is 4.94. The maximum absolute atomic E-state index is 12.9. The molecule has 2 aromatic heterocycles. The summed E-state index contributed by atoms with van der Waals surface area (Å²) in [7, 11) is 0. The molecule has 2 aromatic rings. The second kappa shape index (κ2) is 8.49. The number of carbonyl (C=O) groups is 2. The SMILES string of the molecule is CCCC(CCC)C(=O)N1CCc2nc(NC(=O)c3ccoc3)sc2C1. The van der Waals surface area contributed by atoms with Gasteiger partial charge in [0.05, 0.1) is 24.1 Å². The fourth-order valence-corrected chi connectivity index (χ4v) is 4.37. The number of carbonyl (C=O) groups excluding carboxylic acids is 2. The quantitative estimate of drug-likeness (QED) is 0.791. The van der Waals surface area contributed by atoms with Crippen molar-refractivity contribution in [2.75, 3.05) is 11.9 Å². The summed E-state index contributed by atoms with van der Waals surface area (Å²) in [5.41, 5.74) is 1.46. The molecule has 2 amide bonds. The topological polar surface area (TPSA) is 75.4 Å². The van der Waals surface area contributed by atoms with Crippen LogP contribution >= 0.6 is 11.3 Å². The number of anilines is 1. The Labute approximate surface area is 157 Å². The highest BCUT2D eigenvalue weighted by atomic mass is 32.1. The Morgan fingerprint density at radius 3 is 2.77 bits per heavy atom. The summed E-state index contributed by atoms with van der Waals surface area (Å²) in [6.07, 6.45) is 7.57. The zero-order valence-electron chi connectivity index (χ0n) is 15.3. The Kier molecular flexibility index (Phi) is 6.08. The van der Waals surface area contributed by atoms with Crippen molar-refractivity contribution in [2.24, 2.45) is 5.92 Å². The average Bonchev–Trinajstić information content (AvgIpc) is 3.29. The summed E-state index contributed by atoms with van der Waals surface area (Å²) >= 11 is 1.45. The molecule has 6 nitrogen and oxygen atoms in total. The molecule has 0 saturated heterocycles. The third kappa shape index (κ3) is 4.15. The Hall–Kier alpha value is -2.15. The fourth-order valence-electron chi connectivity index (χ4n) is 3.35. The van der Waals surface area contributed by atoms with Crippen LogP contribution in [0.3, 0.4) is 0 Å². The summed E-state index contributed by atoms with van der Waals surface area (Å²) in [4.78, 5) is 32.5. The number of nitrogens with one attached hydrogen (secondary N) is 1. The fraction of sp³-hybridized carbons (Fsp3) is 0.526. The predicted molar refractivity (Wildman–Crippen MR) is 101 cm³/mol. The molecule has 140 valence electrons. The number of thiazole rings is 1.